The fourth-order valence-corrected chi connectivity index (χ4v) is 3.17. The van der Waals surface area contributed by atoms with Crippen LogP contribution in [0.25, 0.3) is 0 Å². The summed E-state index contributed by atoms with van der Waals surface area (Å²) in [6.45, 7) is 4.44. The highest BCUT2D eigenvalue weighted by Crippen LogP contribution is 2.24. The Morgan fingerprint density at radius 3 is 2.73 bits per heavy atom. The van der Waals surface area contributed by atoms with Gasteiger partial charge in [0.15, 0.2) is 0 Å². The number of hydrogen-bond donors (Lipinski definition) is 1. The average Bonchev–Trinajstić information content (AvgIpc) is 2.63. The van der Waals surface area contributed by atoms with Gasteiger partial charge in [-0.15, -0.1) is 11.3 Å². The van der Waals surface area contributed by atoms with Gasteiger partial charge in [0.05, 0.1) is 0 Å². The van der Waals surface area contributed by atoms with Crippen molar-refractivity contribution in [2.75, 3.05) is 13.1 Å². The van der Waals surface area contributed by atoms with Crippen LogP contribution in [0.2, 0.25) is 0 Å². The molecule has 0 unspecified atom stereocenters. The predicted octanol–water partition coefficient (Wildman–Crippen LogP) is 4.22. The number of rotatable bonds is 8. The number of nitrogens with one attached hydrogen (secondary N) is 1. The molecule has 0 atom stereocenters. The lowest BCUT2D eigenvalue weighted by atomic mass is 10.1. The first kappa shape index (κ1) is 13.2. The Kier molecular flexibility index (Phi) is 7.32. The zero-order chi connectivity index (χ0) is 10.9. The topological polar surface area (TPSA) is 12.0 Å². The minimum Gasteiger partial charge on any atom is -0.317 e. The van der Waals surface area contributed by atoms with Gasteiger partial charge in [-0.2, -0.15) is 0 Å². The van der Waals surface area contributed by atoms with Crippen LogP contribution in [0.5, 0.6) is 0 Å². The Morgan fingerprint density at radius 1 is 1.27 bits per heavy atom. The molecule has 0 saturated heterocycles. The molecule has 0 aliphatic heterocycles. The van der Waals surface area contributed by atoms with Crippen LogP contribution in [0.1, 0.15) is 37.5 Å². The Labute approximate surface area is 105 Å². The van der Waals surface area contributed by atoms with Crippen LogP contribution >= 0.6 is 27.3 Å². The summed E-state index contributed by atoms with van der Waals surface area (Å²) in [6, 6.07) is 2.14. The fraction of sp³-hybridized carbons (Fsp3) is 0.667. The molecule has 0 spiro atoms. The van der Waals surface area contributed by atoms with Crippen LogP contribution in [0.4, 0.5) is 0 Å². The molecule has 0 aromatic carbocycles. The van der Waals surface area contributed by atoms with Crippen LogP contribution in [0.15, 0.2) is 15.9 Å². The molecule has 1 aromatic rings. The van der Waals surface area contributed by atoms with Gasteiger partial charge in [0.25, 0.3) is 0 Å². The van der Waals surface area contributed by atoms with Crippen molar-refractivity contribution in [1.29, 1.82) is 0 Å². The zero-order valence-electron chi connectivity index (χ0n) is 9.39. The normalized spacial score (nSPS) is 10.8. The molecule has 1 rings (SSSR count). The minimum atomic E-state index is 1.10. The molecule has 0 amide bonds. The standard InChI is InChI=1S/C12H20BrNS/c1-2-14-9-6-4-3-5-7-12-11(13)8-10-15-12/h8,10,14H,2-7,9H2,1H3. The first-order chi connectivity index (χ1) is 7.34. The molecule has 1 aromatic heterocycles. The third-order valence-corrected chi connectivity index (χ3v) is 4.43. The number of hydrogen-bond acceptors (Lipinski definition) is 2. The summed E-state index contributed by atoms with van der Waals surface area (Å²) in [5.74, 6) is 0. The van der Waals surface area contributed by atoms with Gasteiger partial charge in [-0.25, -0.2) is 0 Å². The molecule has 0 saturated carbocycles. The lowest BCUT2D eigenvalue weighted by Gasteiger charge is -2.02. The number of halogens is 1. The molecule has 0 aliphatic rings. The van der Waals surface area contributed by atoms with Crippen molar-refractivity contribution >= 4 is 27.3 Å². The van der Waals surface area contributed by atoms with Gasteiger partial charge in [-0.1, -0.05) is 19.8 Å². The highest BCUT2D eigenvalue weighted by Gasteiger charge is 2.00. The second kappa shape index (κ2) is 8.31. The summed E-state index contributed by atoms with van der Waals surface area (Å²) in [7, 11) is 0. The first-order valence-corrected chi connectivity index (χ1v) is 7.44. The average molecular weight is 290 g/mol. The van der Waals surface area contributed by atoms with E-state index in [0.29, 0.717) is 0 Å². The van der Waals surface area contributed by atoms with Crippen molar-refractivity contribution in [3.05, 3.63) is 20.8 Å². The lowest BCUT2D eigenvalue weighted by molar-refractivity contribution is 0.599. The Hall–Kier alpha value is 0.140. The second-order valence-corrected chi connectivity index (χ2v) is 5.56. The van der Waals surface area contributed by atoms with Crippen molar-refractivity contribution in [1.82, 2.24) is 5.32 Å². The van der Waals surface area contributed by atoms with Gasteiger partial charge < -0.3 is 5.32 Å². The van der Waals surface area contributed by atoms with Gasteiger partial charge in [0.2, 0.25) is 0 Å². The Balaban J connectivity index is 1.96. The molecule has 0 fully saturated rings. The van der Waals surface area contributed by atoms with E-state index in [1.54, 1.807) is 0 Å². The molecule has 15 heavy (non-hydrogen) atoms. The van der Waals surface area contributed by atoms with E-state index in [4.69, 9.17) is 0 Å². The largest absolute Gasteiger partial charge is 0.317 e. The van der Waals surface area contributed by atoms with E-state index in [1.165, 1.54) is 48.0 Å². The van der Waals surface area contributed by atoms with Crippen molar-refractivity contribution in [3.8, 4) is 0 Å². The summed E-state index contributed by atoms with van der Waals surface area (Å²) >= 11 is 5.43. The maximum Gasteiger partial charge on any atom is 0.0314 e. The molecule has 1 nitrogen and oxygen atoms in total. The predicted molar refractivity (Wildman–Crippen MR) is 72.7 cm³/mol. The second-order valence-electron chi connectivity index (χ2n) is 3.71. The molecule has 3 heteroatoms. The van der Waals surface area contributed by atoms with Crippen LogP contribution < -0.4 is 5.32 Å². The number of thiophene rings is 1. The van der Waals surface area contributed by atoms with Crippen molar-refractivity contribution in [2.24, 2.45) is 0 Å². The van der Waals surface area contributed by atoms with E-state index in [2.05, 4.69) is 39.6 Å². The Bertz CT molecular complexity index is 260. The van der Waals surface area contributed by atoms with Crippen LogP contribution in [0.3, 0.4) is 0 Å². The molecular formula is C12H20BrNS. The summed E-state index contributed by atoms with van der Waals surface area (Å²) in [5.41, 5.74) is 0. The molecule has 0 bridgehead atoms. The van der Waals surface area contributed by atoms with Gasteiger partial charge in [-0.3, -0.25) is 0 Å². The van der Waals surface area contributed by atoms with Crippen LogP contribution in [-0.4, -0.2) is 13.1 Å². The summed E-state index contributed by atoms with van der Waals surface area (Å²) < 4.78 is 1.29. The number of aryl methyl sites for hydroxylation is 1. The van der Waals surface area contributed by atoms with Crippen LogP contribution in [0, 0.1) is 0 Å². The van der Waals surface area contributed by atoms with E-state index in [-0.39, 0.29) is 0 Å². The van der Waals surface area contributed by atoms with E-state index < -0.39 is 0 Å². The molecule has 86 valence electrons. The van der Waals surface area contributed by atoms with E-state index in [9.17, 15) is 0 Å². The SMILES string of the molecule is CCNCCCCCCc1sccc1Br. The summed E-state index contributed by atoms with van der Waals surface area (Å²) in [4.78, 5) is 1.50. The van der Waals surface area contributed by atoms with Crippen LogP contribution in [-0.2, 0) is 6.42 Å². The highest BCUT2D eigenvalue weighted by atomic mass is 79.9. The highest BCUT2D eigenvalue weighted by molar-refractivity contribution is 9.10. The smallest absolute Gasteiger partial charge is 0.0314 e. The van der Waals surface area contributed by atoms with E-state index in [0.717, 1.165) is 6.54 Å². The third-order valence-electron chi connectivity index (χ3n) is 2.45. The molecule has 1 heterocycles. The van der Waals surface area contributed by atoms with Gasteiger partial charge in [0.1, 0.15) is 0 Å². The van der Waals surface area contributed by atoms with Gasteiger partial charge in [0, 0.05) is 9.35 Å². The fourth-order valence-electron chi connectivity index (χ4n) is 1.57. The van der Waals surface area contributed by atoms with Crippen molar-refractivity contribution in [3.63, 3.8) is 0 Å². The third kappa shape index (κ3) is 5.69. The minimum absolute atomic E-state index is 1.10. The van der Waals surface area contributed by atoms with E-state index in [1.807, 2.05) is 11.3 Å². The summed E-state index contributed by atoms with van der Waals surface area (Å²) in [5, 5.41) is 5.51. The number of unbranched alkanes of at least 4 members (excludes halogenated alkanes) is 3. The molecular weight excluding hydrogens is 270 g/mol. The molecule has 0 radical (unpaired) electrons. The summed E-state index contributed by atoms with van der Waals surface area (Å²) in [6.07, 6.45) is 6.59. The van der Waals surface area contributed by atoms with Gasteiger partial charge in [-0.05, 0) is 59.7 Å². The van der Waals surface area contributed by atoms with Gasteiger partial charge >= 0.3 is 0 Å². The lowest BCUT2D eigenvalue weighted by Crippen LogP contribution is -2.13. The molecule has 0 aliphatic carbocycles. The van der Waals surface area contributed by atoms with E-state index >= 15 is 0 Å². The quantitative estimate of drug-likeness (QED) is 0.707. The maximum atomic E-state index is 3.57. The zero-order valence-corrected chi connectivity index (χ0v) is 11.8. The Morgan fingerprint density at radius 2 is 2.07 bits per heavy atom. The molecule has 1 N–H and O–H groups in total. The van der Waals surface area contributed by atoms with Crippen molar-refractivity contribution < 1.29 is 0 Å². The first-order valence-electron chi connectivity index (χ1n) is 5.77. The maximum absolute atomic E-state index is 3.57. The van der Waals surface area contributed by atoms with Crippen molar-refractivity contribution in [2.45, 2.75) is 39.0 Å². The monoisotopic (exact) mass is 289 g/mol.